The van der Waals surface area contributed by atoms with Crippen LogP contribution < -0.4 is 10.6 Å². The number of rotatable bonds is 5. The van der Waals surface area contributed by atoms with Crippen LogP contribution in [0.5, 0.6) is 0 Å². The molecule has 0 bridgehead atoms. The lowest BCUT2D eigenvalue weighted by Gasteiger charge is -2.10. The third-order valence-electron chi connectivity index (χ3n) is 4.58. The van der Waals surface area contributed by atoms with E-state index in [1.165, 1.54) is 6.42 Å². The standard InChI is InChI=1S/C18H23BrN4O.ClH/c1-12-17(19)13(2)23(22-12)16-5-3-15(4-6-16)18(24)21-10-8-14-7-9-20-11-14;/h3-6,14,20H,7-11H2,1-2H3,(H,21,24);1H. The minimum atomic E-state index is -0.0120. The Morgan fingerprint density at radius 3 is 2.64 bits per heavy atom. The van der Waals surface area contributed by atoms with Gasteiger partial charge in [-0.3, -0.25) is 4.79 Å². The molecule has 2 aromatic rings. The lowest BCUT2D eigenvalue weighted by atomic mass is 10.1. The second-order valence-corrected chi connectivity index (χ2v) is 7.14. The van der Waals surface area contributed by atoms with Gasteiger partial charge in [-0.15, -0.1) is 12.4 Å². The van der Waals surface area contributed by atoms with Crippen LogP contribution in [0.25, 0.3) is 5.69 Å². The van der Waals surface area contributed by atoms with Crippen molar-refractivity contribution in [1.29, 1.82) is 0 Å². The van der Waals surface area contributed by atoms with Gasteiger partial charge in [0.1, 0.15) is 0 Å². The third kappa shape index (κ3) is 4.63. The maximum absolute atomic E-state index is 12.2. The van der Waals surface area contributed by atoms with Crippen LogP contribution in [-0.2, 0) is 0 Å². The molecular formula is C18H24BrClN4O. The number of amides is 1. The van der Waals surface area contributed by atoms with Gasteiger partial charge in [-0.1, -0.05) is 0 Å². The van der Waals surface area contributed by atoms with Crippen LogP contribution in [0.4, 0.5) is 0 Å². The summed E-state index contributed by atoms with van der Waals surface area (Å²) in [7, 11) is 0. The number of aryl methyl sites for hydroxylation is 1. The maximum Gasteiger partial charge on any atom is 0.251 e. The number of benzene rings is 1. The Balaban J connectivity index is 0.00000225. The van der Waals surface area contributed by atoms with E-state index in [9.17, 15) is 4.79 Å². The molecule has 1 amide bonds. The summed E-state index contributed by atoms with van der Waals surface area (Å²) in [6, 6.07) is 7.57. The number of nitrogens with one attached hydrogen (secondary N) is 2. The molecule has 0 aliphatic carbocycles. The molecule has 0 radical (unpaired) electrons. The molecule has 1 atom stereocenters. The van der Waals surface area contributed by atoms with Crippen molar-refractivity contribution in [2.24, 2.45) is 5.92 Å². The van der Waals surface area contributed by atoms with Gasteiger partial charge in [-0.2, -0.15) is 5.10 Å². The molecule has 1 aliphatic rings. The molecule has 1 aromatic carbocycles. The zero-order chi connectivity index (χ0) is 17.1. The van der Waals surface area contributed by atoms with Gasteiger partial charge < -0.3 is 10.6 Å². The molecule has 2 heterocycles. The number of halogens is 2. The van der Waals surface area contributed by atoms with E-state index in [4.69, 9.17) is 0 Å². The van der Waals surface area contributed by atoms with E-state index in [2.05, 4.69) is 31.7 Å². The molecule has 1 fully saturated rings. The van der Waals surface area contributed by atoms with E-state index in [0.29, 0.717) is 11.5 Å². The van der Waals surface area contributed by atoms with Crippen LogP contribution in [0.1, 0.15) is 34.6 Å². The van der Waals surface area contributed by atoms with Gasteiger partial charge in [0.05, 0.1) is 21.5 Å². The summed E-state index contributed by atoms with van der Waals surface area (Å²) >= 11 is 3.54. The van der Waals surface area contributed by atoms with Gasteiger partial charge in [0.15, 0.2) is 0 Å². The predicted molar refractivity (Wildman–Crippen MR) is 106 cm³/mol. The van der Waals surface area contributed by atoms with Crippen LogP contribution in [-0.4, -0.2) is 35.3 Å². The number of aromatic nitrogens is 2. The molecule has 7 heteroatoms. The Hall–Kier alpha value is -1.37. The van der Waals surface area contributed by atoms with E-state index >= 15 is 0 Å². The first-order chi connectivity index (χ1) is 11.6. The van der Waals surface area contributed by atoms with Crippen molar-refractivity contribution in [1.82, 2.24) is 20.4 Å². The van der Waals surface area contributed by atoms with Gasteiger partial charge in [0, 0.05) is 12.1 Å². The molecule has 0 saturated carbocycles. The predicted octanol–water partition coefficient (Wildman–Crippen LogP) is 3.40. The Morgan fingerprint density at radius 2 is 2.08 bits per heavy atom. The first-order valence-electron chi connectivity index (χ1n) is 8.37. The van der Waals surface area contributed by atoms with Crippen molar-refractivity contribution in [2.75, 3.05) is 19.6 Å². The number of hydrogen-bond acceptors (Lipinski definition) is 3. The van der Waals surface area contributed by atoms with Gasteiger partial charge >= 0.3 is 0 Å². The van der Waals surface area contributed by atoms with E-state index in [-0.39, 0.29) is 18.3 Å². The summed E-state index contributed by atoms with van der Waals surface area (Å²) in [5.74, 6) is 0.680. The van der Waals surface area contributed by atoms with Crippen molar-refractivity contribution in [3.63, 3.8) is 0 Å². The lowest BCUT2D eigenvalue weighted by Crippen LogP contribution is -2.26. The smallest absolute Gasteiger partial charge is 0.251 e. The Morgan fingerprint density at radius 1 is 1.36 bits per heavy atom. The molecule has 1 unspecified atom stereocenters. The molecule has 1 aromatic heterocycles. The Labute approximate surface area is 163 Å². The van der Waals surface area contributed by atoms with E-state index in [1.807, 2.05) is 42.8 Å². The normalized spacial score (nSPS) is 16.5. The first kappa shape index (κ1) is 19.9. The molecule has 136 valence electrons. The van der Waals surface area contributed by atoms with Crippen molar-refractivity contribution in [3.05, 3.63) is 45.7 Å². The minimum absolute atomic E-state index is 0. The lowest BCUT2D eigenvalue weighted by molar-refractivity contribution is 0.0951. The molecule has 5 nitrogen and oxygen atoms in total. The maximum atomic E-state index is 12.2. The van der Waals surface area contributed by atoms with E-state index in [1.54, 1.807) is 0 Å². The summed E-state index contributed by atoms with van der Waals surface area (Å²) in [4.78, 5) is 12.2. The molecule has 1 saturated heterocycles. The largest absolute Gasteiger partial charge is 0.352 e. The molecular weight excluding hydrogens is 404 g/mol. The fourth-order valence-electron chi connectivity index (χ4n) is 3.08. The molecule has 25 heavy (non-hydrogen) atoms. The Kier molecular flexibility index (Phi) is 7.04. The Bertz CT molecular complexity index is 723. The highest BCUT2D eigenvalue weighted by molar-refractivity contribution is 9.10. The summed E-state index contributed by atoms with van der Waals surface area (Å²) in [5, 5.41) is 10.9. The number of carbonyl (C=O) groups is 1. The SMILES string of the molecule is Cc1nn(-c2ccc(C(=O)NCCC3CCNC3)cc2)c(C)c1Br.Cl. The minimum Gasteiger partial charge on any atom is -0.352 e. The highest BCUT2D eigenvalue weighted by Crippen LogP contribution is 2.23. The van der Waals surface area contributed by atoms with Crippen molar-refractivity contribution >= 4 is 34.2 Å². The van der Waals surface area contributed by atoms with Crippen LogP contribution >= 0.6 is 28.3 Å². The summed E-state index contributed by atoms with van der Waals surface area (Å²) < 4.78 is 2.90. The summed E-state index contributed by atoms with van der Waals surface area (Å²) in [6.45, 7) is 6.89. The van der Waals surface area contributed by atoms with E-state index < -0.39 is 0 Å². The number of hydrogen-bond donors (Lipinski definition) is 2. The van der Waals surface area contributed by atoms with Crippen LogP contribution in [0.3, 0.4) is 0 Å². The van der Waals surface area contributed by atoms with Crippen LogP contribution in [0, 0.1) is 19.8 Å². The van der Waals surface area contributed by atoms with Gasteiger partial charge in [0.2, 0.25) is 0 Å². The number of carbonyl (C=O) groups excluding carboxylic acids is 1. The average molecular weight is 428 g/mol. The second-order valence-electron chi connectivity index (χ2n) is 6.35. The van der Waals surface area contributed by atoms with Gasteiger partial charge in [-0.05, 0) is 85.9 Å². The molecule has 2 N–H and O–H groups in total. The fraction of sp³-hybridized carbons (Fsp3) is 0.444. The highest BCUT2D eigenvalue weighted by Gasteiger charge is 2.15. The first-order valence-corrected chi connectivity index (χ1v) is 9.16. The van der Waals surface area contributed by atoms with Crippen LogP contribution in [0.15, 0.2) is 28.7 Å². The zero-order valence-electron chi connectivity index (χ0n) is 14.5. The van der Waals surface area contributed by atoms with Crippen molar-refractivity contribution in [2.45, 2.75) is 26.7 Å². The average Bonchev–Trinajstić information content (AvgIpc) is 3.19. The fourth-order valence-corrected chi connectivity index (χ4v) is 3.33. The van der Waals surface area contributed by atoms with E-state index in [0.717, 1.165) is 47.6 Å². The molecule has 3 rings (SSSR count). The third-order valence-corrected chi connectivity index (χ3v) is 5.73. The highest BCUT2D eigenvalue weighted by atomic mass is 79.9. The second kappa shape index (κ2) is 8.83. The topological polar surface area (TPSA) is 59.0 Å². The summed E-state index contributed by atoms with van der Waals surface area (Å²) in [6.07, 6.45) is 2.25. The van der Waals surface area contributed by atoms with Crippen LogP contribution in [0.2, 0.25) is 0 Å². The zero-order valence-corrected chi connectivity index (χ0v) is 16.9. The van der Waals surface area contributed by atoms with Gasteiger partial charge in [-0.25, -0.2) is 4.68 Å². The monoisotopic (exact) mass is 426 g/mol. The summed E-state index contributed by atoms with van der Waals surface area (Å²) in [5.41, 5.74) is 3.64. The van der Waals surface area contributed by atoms with Crippen molar-refractivity contribution < 1.29 is 4.79 Å². The molecule has 0 spiro atoms. The van der Waals surface area contributed by atoms with Crippen molar-refractivity contribution in [3.8, 4) is 5.69 Å². The quantitative estimate of drug-likeness (QED) is 0.769. The number of nitrogens with zero attached hydrogens (tertiary/aromatic N) is 2. The van der Waals surface area contributed by atoms with Gasteiger partial charge in [0.25, 0.3) is 5.91 Å². The molecule has 1 aliphatic heterocycles.